The molecule has 0 radical (unpaired) electrons. The molecular weight excluding hydrogens is 206 g/mol. The molecule has 1 heterocycles. The third-order valence-electron chi connectivity index (χ3n) is 2.72. The SMILES string of the molecule is Oc1cccc2c1[nH]c1c(O)ccc(O)c12. The van der Waals surface area contributed by atoms with Gasteiger partial charge in [0.15, 0.2) is 0 Å². The van der Waals surface area contributed by atoms with Crippen molar-refractivity contribution in [3.63, 3.8) is 0 Å². The molecule has 0 aliphatic rings. The third-order valence-corrected chi connectivity index (χ3v) is 2.72. The molecule has 3 aromatic rings. The number of hydrogen-bond donors (Lipinski definition) is 4. The molecule has 0 bridgehead atoms. The molecule has 0 saturated carbocycles. The first-order valence-corrected chi connectivity index (χ1v) is 4.83. The van der Waals surface area contributed by atoms with Crippen LogP contribution in [0.1, 0.15) is 0 Å². The predicted octanol–water partition coefficient (Wildman–Crippen LogP) is 2.44. The Labute approximate surface area is 90.4 Å². The van der Waals surface area contributed by atoms with E-state index in [1.54, 1.807) is 18.2 Å². The van der Waals surface area contributed by atoms with Gasteiger partial charge in [-0.3, -0.25) is 0 Å². The number of nitrogens with one attached hydrogen (secondary N) is 1. The van der Waals surface area contributed by atoms with Gasteiger partial charge in [-0.25, -0.2) is 0 Å². The molecule has 0 unspecified atom stereocenters. The van der Waals surface area contributed by atoms with E-state index in [9.17, 15) is 15.3 Å². The maximum atomic E-state index is 9.76. The highest BCUT2D eigenvalue weighted by atomic mass is 16.3. The molecule has 0 fully saturated rings. The molecule has 4 heteroatoms. The molecule has 0 atom stereocenters. The summed E-state index contributed by atoms with van der Waals surface area (Å²) in [6.07, 6.45) is 0. The number of hydrogen-bond acceptors (Lipinski definition) is 3. The second-order valence-electron chi connectivity index (χ2n) is 3.68. The van der Waals surface area contributed by atoms with E-state index in [1.807, 2.05) is 0 Å². The van der Waals surface area contributed by atoms with Gasteiger partial charge in [0.05, 0.1) is 16.4 Å². The van der Waals surface area contributed by atoms with Crippen molar-refractivity contribution in [3.05, 3.63) is 30.3 Å². The Morgan fingerprint density at radius 3 is 2.25 bits per heavy atom. The zero-order valence-corrected chi connectivity index (χ0v) is 8.23. The first-order valence-electron chi connectivity index (χ1n) is 4.83. The highest BCUT2D eigenvalue weighted by molar-refractivity contribution is 6.13. The maximum Gasteiger partial charge on any atom is 0.139 e. The summed E-state index contributed by atoms with van der Waals surface area (Å²) in [5.74, 6) is 0.209. The van der Waals surface area contributed by atoms with Crippen LogP contribution in [0.15, 0.2) is 30.3 Å². The van der Waals surface area contributed by atoms with Crippen LogP contribution < -0.4 is 0 Å². The summed E-state index contributed by atoms with van der Waals surface area (Å²) in [7, 11) is 0. The van der Waals surface area contributed by atoms with E-state index in [1.165, 1.54) is 12.1 Å². The van der Waals surface area contributed by atoms with Gasteiger partial charge < -0.3 is 20.3 Å². The van der Waals surface area contributed by atoms with Crippen molar-refractivity contribution in [2.24, 2.45) is 0 Å². The second kappa shape index (κ2) is 2.82. The molecule has 2 aromatic carbocycles. The van der Waals surface area contributed by atoms with Crippen LogP contribution in [-0.4, -0.2) is 20.3 Å². The number of benzene rings is 2. The minimum absolute atomic E-state index is 0.0448. The summed E-state index contributed by atoms with van der Waals surface area (Å²) in [6.45, 7) is 0. The van der Waals surface area contributed by atoms with Gasteiger partial charge in [-0.1, -0.05) is 12.1 Å². The number of aromatic hydroxyl groups is 3. The van der Waals surface area contributed by atoms with Gasteiger partial charge in [-0.15, -0.1) is 0 Å². The lowest BCUT2D eigenvalue weighted by Gasteiger charge is -1.97. The van der Waals surface area contributed by atoms with Crippen molar-refractivity contribution in [1.29, 1.82) is 0 Å². The number of phenols is 3. The maximum absolute atomic E-state index is 9.76. The average Bonchev–Trinajstić information content (AvgIpc) is 2.66. The summed E-state index contributed by atoms with van der Waals surface area (Å²) < 4.78 is 0. The Hall–Kier alpha value is -2.36. The van der Waals surface area contributed by atoms with Crippen LogP contribution in [-0.2, 0) is 0 Å². The van der Waals surface area contributed by atoms with E-state index in [4.69, 9.17) is 0 Å². The van der Waals surface area contributed by atoms with Gasteiger partial charge in [-0.05, 0) is 18.2 Å². The number of para-hydroxylation sites is 1. The first kappa shape index (κ1) is 8.91. The van der Waals surface area contributed by atoms with E-state index in [2.05, 4.69) is 4.98 Å². The van der Waals surface area contributed by atoms with Crippen molar-refractivity contribution in [2.75, 3.05) is 0 Å². The number of phenolic OH excluding ortho intramolecular Hbond substituents is 3. The molecule has 0 aliphatic heterocycles. The van der Waals surface area contributed by atoms with E-state index in [0.29, 0.717) is 21.8 Å². The van der Waals surface area contributed by atoms with Crippen molar-refractivity contribution in [1.82, 2.24) is 4.98 Å². The van der Waals surface area contributed by atoms with Crippen LogP contribution in [0.3, 0.4) is 0 Å². The quantitative estimate of drug-likeness (QED) is 0.435. The van der Waals surface area contributed by atoms with Crippen molar-refractivity contribution in [2.45, 2.75) is 0 Å². The lowest BCUT2D eigenvalue weighted by Crippen LogP contribution is -1.71. The highest BCUT2D eigenvalue weighted by Crippen LogP contribution is 2.39. The fourth-order valence-electron chi connectivity index (χ4n) is 1.98. The van der Waals surface area contributed by atoms with Crippen LogP contribution in [0, 0.1) is 0 Å². The summed E-state index contributed by atoms with van der Waals surface area (Å²) >= 11 is 0. The largest absolute Gasteiger partial charge is 0.507 e. The molecule has 0 spiro atoms. The molecule has 0 saturated heterocycles. The van der Waals surface area contributed by atoms with E-state index in [0.717, 1.165) is 0 Å². The topological polar surface area (TPSA) is 76.5 Å². The smallest absolute Gasteiger partial charge is 0.139 e. The Balaban J connectivity index is 2.66. The molecule has 1 aromatic heterocycles. The van der Waals surface area contributed by atoms with Gasteiger partial charge in [0, 0.05) is 5.39 Å². The van der Waals surface area contributed by atoms with E-state index >= 15 is 0 Å². The molecular formula is C12H9NO3. The Morgan fingerprint density at radius 2 is 1.44 bits per heavy atom. The molecule has 3 rings (SSSR count). The fourth-order valence-corrected chi connectivity index (χ4v) is 1.98. The van der Waals surface area contributed by atoms with E-state index in [-0.39, 0.29) is 17.2 Å². The van der Waals surface area contributed by atoms with Crippen LogP contribution in [0.2, 0.25) is 0 Å². The number of rotatable bonds is 0. The number of aromatic nitrogens is 1. The van der Waals surface area contributed by atoms with Gasteiger partial charge in [0.1, 0.15) is 17.2 Å². The van der Waals surface area contributed by atoms with Crippen molar-refractivity contribution in [3.8, 4) is 17.2 Å². The van der Waals surface area contributed by atoms with E-state index < -0.39 is 0 Å². The van der Waals surface area contributed by atoms with Crippen molar-refractivity contribution >= 4 is 21.8 Å². The standard InChI is InChI=1S/C12H9NO3/c14-7-4-5-9(16)12-10(7)6-2-1-3-8(15)11(6)13-12/h1-5,13-16H. The molecule has 0 aliphatic carbocycles. The minimum atomic E-state index is 0.0448. The predicted molar refractivity (Wildman–Crippen MR) is 60.8 cm³/mol. The summed E-state index contributed by atoms with van der Waals surface area (Å²) in [5, 5.41) is 30.3. The highest BCUT2D eigenvalue weighted by Gasteiger charge is 2.13. The molecule has 16 heavy (non-hydrogen) atoms. The second-order valence-corrected chi connectivity index (χ2v) is 3.68. The molecule has 4 N–H and O–H groups in total. The van der Waals surface area contributed by atoms with Crippen molar-refractivity contribution < 1.29 is 15.3 Å². The lowest BCUT2D eigenvalue weighted by atomic mass is 10.1. The minimum Gasteiger partial charge on any atom is -0.507 e. The lowest BCUT2D eigenvalue weighted by molar-refractivity contribution is 0.469. The van der Waals surface area contributed by atoms with Gasteiger partial charge in [-0.2, -0.15) is 0 Å². The number of H-pyrrole nitrogens is 1. The normalized spacial score (nSPS) is 11.2. The van der Waals surface area contributed by atoms with Gasteiger partial charge >= 0.3 is 0 Å². The summed E-state index contributed by atoms with van der Waals surface area (Å²) in [6, 6.07) is 7.84. The van der Waals surface area contributed by atoms with Crippen LogP contribution in [0.4, 0.5) is 0 Å². The zero-order chi connectivity index (χ0) is 11.3. The average molecular weight is 215 g/mol. The third kappa shape index (κ3) is 0.982. The Bertz CT molecular complexity index is 700. The zero-order valence-electron chi connectivity index (χ0n) is 8.23. The van der Waals surface area contributed by atoms with Crippen LogP contribution >= 0.6 is 0 Å². The van der Waals surface area contributed by atoms with Crippen LogP contribution in [0.5, 0.6) is 17.2 Å². The summed E-state index contributed by atoms with van der Waals surface area (Å²) in [5.41, 5.74) is 0.936. The molecule has 80 valence electrons. The first-order chi connectivity index (χ1) is 7.68. The van der Waals surface area contributed by atoms with Gasteiger partial charge in [0.2, 0.25) is 0 Å². The Kier molecular flexibility index (Phi) is 1.57. The number of fused-ring (bicyclic) bond motifs is 3. The number of aromatic amines is 1. The molecule has 0 amide bonds. The van der Waals surface area contributed by atoms with Crippen LogP contribution in [0.25, 0.3) is 21.8 Å². The fraction of sp³-hybridized carbons (Fsp3) is 0. The summed E-state index contributed by atoms with van der Waals surface area (Å²) in [4.78, 5) is 2.90. The Morgan fingerprint density at radius 1 is 0.750 bits per heavy atom. The molecule has 4 nitrogen and oxygen atoms in total. The monoisotopic (exact) mass is 215 g/mol. The van der Waals surface area contributed by atoms with Gasteiger partial charge in [0.25, 0.3) is 0 Å².